The lowest BCUT2D eigenvalue weighted by Gasteiger charge is -2.24. The standard InChI is InChI=1S/C23H17N/c1-24-22-15-19-8-3-2-7-18(19)14-20(22)13-12-17-11-10-16-6-4-5-9-21(16)23(17)24/h2-15H,1H3. The molecule has 0 radical (unpaired) electrons. The fourth-order valence-corrected chi connectivity index (χ4v) is 3.75. The van der Waals surface area contributed by atoms with Gasteiger partial charge in [0.2, 0.25) is 0 Å². The van der Waals surface area contributed by atoms with E-state index in [0.29, 0.717) is 0 Å². The summed E-state index contributed by atoms with van der Waals surface area (Å²) in [6.07, 6.45) is 4.47. The highest BCUT2D eigenvalue weighted by Crippen LogP contribution is 2.41. The molecular weight excluding hydrogens is 290 g/mol. The second-order valence-electron chi connectivity index (χ2n) is 6.38. The Bertz CT molecular complexity index is 1120. The number of hydrogen-bond acceptors (Lipinski definition) is 1. The highest BCUT2D eigenvalue weighted by atomic mass is 15.1. The zero-order valence-electron chi connectivity index (χ0n) is 13.5. The van der Waals surface area contributed by atoms with Crippen molar-refractivity contribution in [2.45, 2.75) is 0 Å². The van der Waals surface area contributed by atoms with E-state index in [1.54, 1.807) is 0 Å². The number of hydrogen-bond donors (Lipinski definition) is 0. The third-order valence-electron chi connectivity index (χ3n) is 4.97. The molecule has 1 aliphatic heterocycles. The summed E-state index contributed by atoms with van der Waals surface area (Å²) in [5.74, 6) is 0. The van der Waals surface area contributed by atoms with Crippen molar-refractivity contribution >= 4 is 45.1 Å². The van der Waals surface area contributed by atoms with Crippen LogP contribution < -0.4 is 4.90 Å². The lowest BCUT2D eigenvalue weighted by atomic mass is 10.0. The molecular formula is C23H17N. The van der Waals surface area contributed by atoms with Crippen LogP contribution in [-0.2, 0) is 0 Å². The van der Waals surface area contributed by atoms with Gasteiger partial charge in [-0.15, -0.1) is 0 Å². The minimum atomic E-state index is 1.25. The quantitative estimate of drug-likeness (QED) is 0.371. The molecule has 4 aromatic rings. The molecule has 5 rings (SSSR count). The van der Waals surface area contributed by atoms with E-state index in [9.17, 15) is 0 Å². The normalized spacial score (nSPS) is 13.0. The molecule has 0 aliphatic carbocycles. The van der Waals surface area contributed by atoms with Crippen molar-refractivity contribution in [2.24, 2.45) is 0 Å². The number of benzene rings is 4. The topological polar surface area (TPSA) is 3.24 Å². The number of anilines is 2. The summed E-state index contributed by atoms with van der Waals surface area (Å²) < 4.78 is 0. The lowest BCUT2D eigenvalue weighted by molar-refractivity contribution is 1.22. The second-order valence-corrected chi connectivity index (χ2v) is 6.38. The molecule has 0 N–H and O–H groups in total. The fourth-order valence-electron chi connectivity index (χ4n) is 3.75. The summed E-state index contributed by atoms with van der Waals surface area (Å²) in [5.41, 5.74) is 5.05. The Morgan fingerprint density at radius 1 is 0.625 bits per heavy atom. The van der Waals surface area contributed by atoms with E-state index in [2.05, 4.69) is 96.9 Å². The van der Waals surface area contributed by atoms with Gasteiger partial charge in [-0.05, 0) is 39.4 Å². The molecule has 0 saturated carbocycles. The first kappa shape index (κ1) is 13.4. The van der Waals surface area contributed by atoms with Crippen molar-refractivity contribution < 1.29 is 0 Å². The number of fused-ring (bicyclic) bond motifs is 5. The van der Waals surface area contributed by atoms with Crippen LogP contribution in [0.2, 0.25) is 0 Å². The van der Waals surface area contributed by atoms with Crippen LogP contribution in [0.5, 0.6) is 0 Å². The van der Waals surface area contributed by atoms with E-state index in [1.165, 1.54) is 44.0 Å². The van der Waals surface area contributed by atoms with E-state index >= 15 is 0 Å². The Morgan fingerprint density at radius 2 is 1.29 bits per heavy atom. The zero-order valence-corrected chi connectivity index (χ0v) is 13.5. The summed E-state index contributed by atoms with van der Waals surface area (Å²) >= 11 is 0. The number of nitrogens with zero attached hydrogens (tertiary/aromatic N) is 1. The summed E-state index contributed by atoms with van der Waals surface area (Å²) in [4.78, 5) is 2.33. The van der Waals surface area contributed by atoms with Gasteiger partial charge in [0.25, 0.3) is 0 Å². The van der Waals surface area contributed by atoms with Crippen LogP contribution in [-0.4, -0.2) is 7.05 Å². The maximum Gasteiger partial charge on any atom is 0.0561 e. The van der Waals surface area contributed by atoms with Crippen molar-refractivity contribution in [3.8, 4) is 0 Å². The molecule has 0 atom stereocenters. The monoisotopic (exact) mass is 307 g/mol. The molecule has 24 heavy (non-hydrogen) atoms. The molecule has 114 valence electrons. The van der Waals surface area contributed by atoms with Crippen molar-refractivity contribution in [3.05, 3.63) is 83.9 Å². The van der Waals surface area contributed by atoms with Gasteiger partial charge in [0, 0.05) is 18.1 Å². The van der Waals surface area contributed by atoms with Crippen molar-refractivity contribution in [1.82, 2.24) is 0 Å². The van der Waals surface area contributed by atoms with Crippen LogP contribution in [0.1, 0.15) is 11.1 Å². The van der Waals surface area contributed by atoms with Gasteiger partial charge in [-0.2, -0.15) is 0 Å². The van der Waals surface area contributed by atoms with Gasteiger partial charge >= 0.3 is 0 Å². The van der Waals surface area contributed by atoms with Gasteiger partial charge in [-0.3, -0.25) is 0 Å². The van der Waals surface area contributed by atoms with Crippen LogP contribution >= 0.6 is 0 Å². The second kappa shape index (κ2) is 4.97. The zero-order chi connectivity index (χ0) is 16.1. The van der Waals surface area contributed by atoms with E-state index in [-0.39, 0.29) is 0 Å². The average Bonchev–Trinajstić information content (AvgIpc) is 2.77. The van der Waals surface area contributed by atoms with Gasteiger partial charge < -0.3 is 4.90 Å². The molecule has 0 fully saturated rings. The largest absolute Gasteiger partial charge is 0.343 e. The number of rotatable bonds is 0. The first-order valence-electron chi connectivity index (χ1n) is 8.28. The van der Waals surface area contributed by atoms with E-state index in [4.69, 9.17) is 0 Å². The SMILES string of the molecule is CN1c2cc3ccccc3cc2C=Cc2ccc3ccccc3c21. The van der Waals surface area contributed by atoms with Gasteiger partial charge in [-0.25, -0.2) is 0 Å². The maximum absolute atomic E-state index is 2.33. The van der Waals surface area contributed by atoms with Crippen LogP contribution in [0.25, 0.3) is 33.7 Å². The third-order valence-corrected chi connectivity index (χ3v) is 4.97. The first-order valence-corrected chi connectivity index (χ1v) is 8.28. The van der Waals surface area contributed by atoms with Gasteiger partial charge in [0.05, 0.1) is 5.69 Å². The van der Waals surface area contributed by atoms with Gasteiger partial charge in [0.15, 0.2) is 0 Å². The Labute approximate surface area is 141 Å². The molecule has 4 aromatic carbocycles. The summed E-state index contributed by atoms with van der Waals surface area (Å²) in [5, 5.41) is 5.13. The molecule has 1 aliphatic rings. The third kappa shape index (κ3) is 1.88. The van der Waals surface area contributed by atoms with Crippen LogP contribution in [0, 0.1) is 0 Å². The molecule has 0 aromatic heterocycles. The molecule has 0 unspecified atom stereocenters. The summed E-state index contributed by atoms with van der Waals surface area (Å²) in [6, 6.07) is 26.2. The van der Waals surface area contributed by atoms with Gasteiger partial charge in [0.1, 0.15) is 0 Å². The van der Waals surface area contributed by atoms with Crippen LogP contribution in [0.15, 0.2) is 72.8 Å². The van der Waals surface area contributed by atoms with E-state index in [1.807, 2.05) is 0 Å². The molecule has 0 amide bonds. The maximum atomic E-state index is 2.33. The molecule has 1 heteroatoms. The highest BCUT2D eigenvalue weighted by Gasteiger charge is 2.17. The molecule has 0 spiro atoms. The van der Waals surface area contributed by atoms with Crippen molar-refractivity contribution in [1.29, 1.82) is 0 Å². The Hall–Kier alpha value is -3.06. The minimum Gasteiger partial charge on any atom is -0.343 e. The van der Waals surface area contributed by atoms with E-state index < -0.39 is 0 Å². The van der Waals surface area contributed by atoms with Crippen molar-refractivity contribution in [3.63, 3.8) is 0 Å². The van der Waals surface area contributed by atoms with Gasteiger partial charge in [-0.1, -0.05) is 72.8 Å². The fraction of sp³-hybridized carbons (Fsp3) is 0.0435. The van der Waals surface area contributed by atoms with Crippen molar-refractivity contribution in [2.75, 3.05) is 11.9 Å². The minimum absolute atomic E-state index is 1.25. The predicted molar refractivity (Wildman–Crippen MR) is 105 cm³/mol. The lowest BCUT2D eigenvalue weighted by Crippen LogP contribution is -2.11. The molecule has 1 nitrogen and oxygen atoms in total. The molecule has 1 heterocycles. The Morgan fingerprint density at radius 3 is 2.12 bits per heavy atom. The predicted octanol–water partition coefficient (Wildman–Crippen LogP) is 6.24. The Kier molecular flexibility index (Phi) is 2.77. The average molecular weight is 307 g/mol. The molecule has 0 bridgehead atoms. The first-order chi connectivity index (χ1) is 11.8. The van der Waals surface area contributed by atoms with E-state index in [0.717, 1.165) is 0 Å². The summed E-state index contributed by atoms with van der Waals surface area (Å²) in [6.45, 7) is 0. The summed E-state index contributed by atoms with van der Waals surface area (Å²) in [7, 11) is 2.17. The highest BCUT2D eigenvalue weighted by molar-refractivity contribution is 6.05. The van der Waals surface area contributed by atoms with Crippen LogP contribution in [0.3, 0.4) is 0 Å². The van der Waals surface area contributed by atoms with Crippen LogP contribution in [0.4, 0.5) is 11.4 Å². The molecule has 0 saturated heterocycles. The smallest absolute Gasteiger partial charge is 0.0561 e. The Balaban J connectivity index is 1.85.